The summed E-state index contributed by atoms with van der Waals surface area (Å²) < 4.78 is 1.38. The lowest BCUT2D eigenvalue weighted by molar-refractivity contribution is -0.119. The molecular weight excluding hydrogens is 320 g/mol. The first-order valence-corrected chi connectivity index (χ1v) is 8.01. The minimum atomic E-state index is -0.230. The van der Waals surface area contributed by atoms with Gasteiger partial charge in [-0.15, -0.1) is 5.10 Å². The van der Waals surface area contributed by atoms with Crippen molar-refractivity contribution < 1.29 is 9.59 Å². The highest BCUT2D eigenvalue weighted by molar-refractivity contribution is 6.00. The maximum Gasteiger partial charge on any atom is 0.246 e. The third-order valence-electron chi connectivity index (χ3n) is 3.68. The van der Waals surface area contributed by atoms with Gasteiger partial charge in [0.15, 0.2) is 5.82 Å². The molecule has 2 amide bonds. The lowest BCUT2D eigenvalue weighted by atomic mass is 10.2. The van der Waals surface area contributed by atoms with Crippen LogP contribution in [0.25, 0.3) is 10.9 Å². The van der Waals surface area contributed by atoms with Gasteiger partial charge >= 0.3 is 0 Å². The van der Waals surface area contributed by atoms with E-state index in [1.54, 1.807) is 13.8 Å². The molecule has 0 unspecified atom stereocenters. The quantitative estimate of drug-likeness (QED) is 0.663. The van der Waals surface area contributed by atoms with E-state index < -0.39 is 0 Å². The Hall–Kier alpha value is -3.16. The lowest BCUT2D eigenvalue weighted by Gasteiger charge is -2.06. The number of carbonyl (C=O) groups excluding carboxylic acids is 2. The van der Waals surface area contributed by atoms with Crippen LogP contribution in [0.4, 0.5) is 11.5 Å². The van der Waals surface area contributed by atoms with Crippen LogP contribution in [-0.2, 0) is 16.1 Å². The van der Waals surface area contributed by atoms with Crippen molar-refractivity contribution in [2.45, 2.75) is 27.3 Å². The molecule has 25 heavy (non-hydrogen) atoms. The number of para-hydroxylation sites is 1. The van der Waals surface area contributed by atoms with Crippen molar-refractivity contribution in [3.05, 3.63) is 36.2 Å². The van der Waals surface area contributed by atoms with Crippen LogP contribution >= 0.6 is 0 Å². The Balaban J connectivity index is 1.66. The van der Waals surface area contributed by atoms with Gasteiger partial charge in [-0.25, -0.2) is 4.68 Å². The fourth-order valence-electron chi connectivity index (χ4n) is 2.44. The maximum atomic E-state index is 12.3. The van der Waals surface area contributed by atoms with Gasteiger partial charge in [0.1, 0.15) is 6.54 Å². The second kappa shape index (κ2) is 6.76. The largest absolute Gasteiger partial charge is 0.357 e. The number of benzene rings is 1. The van der Waals surface area contributed by atoms with E-state index in [0.717, 1.165) is 16.6 Å². The molecule has 0 fully saturated rings. The summed E-state index contributed by atoms with van der Waals surface area (Å²) >= 11 is 0. The number of anilines is 2. The van der Waals surface area contributed by atoms with Crippen LogP contribution in [0.1, 0.15) is 19.5 Å². The standard InChI is InChI=1S/C17H20N6O2/c1-10(2)17(25)20-14-8-23(22-21-14)9-15(24)19-13-6-4-5-12-7-11(3)18-16(12)13/h4-8,10,18H,9H2,1-3H3,(H,19,24)(H,20,25). The molecule has 1 aromatic carbocycles. The Morgan fingerprint density at radius 3 is 2.84 bits per heavy atom. The van der Waals surface area contributed by atoms with E-state index in [4.69, 9.17) is 0 Å². The molecular formula is C17H20N6O2. The second-order valence-electron chi connectivity index (χ2n) is 6.22. The Labute approximate surface area is 144 Å². The Bertz CT molecular complexity index is 924. The Morgan fingerprint density at radius 2 is 2.08 bits per heavy atom. The first kappa shape index (κ1) is 16.7. The topological polar surface area (TPSA) is 105 Å². The number of aromatic amines is 1. The monoisotopic (exact) mass is 340 g/mol. The Morgan fingerprint density at radius 1 is 1.28 bits per heavy atom. The molecule has 0 radical (unpaired) electrons. The highest BCUT2D eigenvalue weighted by Crippen LogP contribution is 2.23. The molecule has 0 aliphatic rings. The average molecular weight is 340 g/mol. The number of hydrogen-bond donors (Lipinski definition) is 3. The lowest BCUT2D eigenvalue weighted by Crippen LogP contribution is -2.19. The van der Waals surface area contributed by atoms with Crippen LogP contribution < -0.4 is 10.6 Å². The average Bonchev–Trinajstić information content (AvgIpc) is 3.13. The van der Waals surface area contributed by atoms with Gasteiger partial charge in [-0.1, -0.05) is 31.2 Å². The summed E-state index contributed by atoms with van der Waals surface area (Å²) in [6, 6.07) is 7.73. The molecule has 0 aliphatic carbocycles. The summed E-state index contributed by atoms with van der Waals surface area (Å²) in [5.41, 5.74) is 2.62. The number of fused-ring (bicyclic) bond motifs is 1. The molecule has 130 valence electrons. The molecule has 0 spiro atoms. The van der Waals surface area contributed by atoms with Crippen molar-refractivity contribution in [3.63, 3.8) is 0 Å². The molecule has 0 atom stereocenters. The Kier molecular flexibility index (Phi) is 4.51. The van der Waals surface area contributed by atoms with Crippen LogP contribution in [-0.4, -0.2) is 31.8 Å². The van der Waals surface area contributed by atoms with E-state index in [0.29, 0.717) is 11.5 Å². The smallest absolute Gasteiger partial charge is 0.246 e. The number of hydrogen-bond acceptors (Lipinski definition) is 4. The molecule has 3 N–H and O–H groups in total. The zero-order valence-electron chi connectivity index (χ0n) is 14.3. The number of nitrogens with one attached hydrogen (secondary N) is 3. The van der Waals surface area contributed by atoms with E-state index in [9.17, 15) is 9.59 Å². The second-order valence-corrected chi connectivity index (χ2v) is 6.22. The fourth-order valence-corrected chi connectivity index (χ4v) is 2.44. The number of nitrogens with zero attached hydrogens (tertiary/aromatic N) is 3. The van der Waals surface area contributed by atoms with Crippen LogP contribution in [0, 0.1) is 12.8 Å². The number of carbonyl (C=O) groups is 2. The maximum absolute atomic E-state index is 12.3. The van der Waals surface area contributed by atoms with Crippen LogP contribution in [0.2, 0.25) is 0 Å². The molecule has 0 saturated carbocycles. The number of aromatic nitrogens is 4. The summed E-state index contributed by atoms with van der Waals surface area (Å²) in [5.74, 6) is -0.205. The third kappa shape index (κ3) is 3.85. The SMILES string of the molecule is Cc1cc2cccc(NC(=O)Cn3cc(NC(=O)C(C)C)nn3)c2[nH]1. The summed E-state index contributed by atoms with van der Waals surface area (Å²) in [6.45, 7) is 5.54. The molecule has 0 aliphatic heterocycles. The molecule has 8 heteroatoms. The van der Waals surface area contributed by atoms with Crippen LogP contribution in [0.5, 0.6) is 0 Å². The molecule has 2 heterocycles. The summed E-state index contributed by atoms with van der Waals surface area (Å²) in [5, 5.41) is 14.3. The van der Waals surface area contributed by atoms with Gasteiger partial charge in [-0.3, -0.25) is 9.59 Å². The van der Waals surface area contributed by atoms with Gasteiger partial charge in [-0.2, -0.15) is 0 Å². The first-order chi connectivity index (χ1) is 11.9. The normalized spacial score (nSPS) is 11.0. The number of aryl methyl sites for hydroxylation is 1. The van der Waals surface area contributed by atoms with Gasteiger partial charge in [0.05, 0.1) is 17.4 Å². The van der Waals surface area contributed by atoms with Crippen LogP contribution in [0.15, 0.2) is 30.5 Å². The van der Waals surface area contributed by atoms with Crippen molar-refractivity contribution in [3.8, 4) is 0 Å². The van der Waals surface area contributed by atoms with Gasteiger partial charge in [0.25, 0.3) is 0 Å². The predicted octanol–water partition coefficient (Wildman–Crippen LogP) is 2.30. The predicted molar refractivity (Wildman–Crippen MR) is 95.2 cm³/mol. The van der Waals surface area contributed by atoms with E-state index >= 15 is 0 Å². The fraction of sp³-hybridized carbons (Fsp3) is 0.294. The molecule has 2 aromatic heterocycles. The van der Waals surface area contributed by atoms with Crippen molar-refractivity contribution >= 4 is 34.2 Å². The molecule has 3 rings (SSSR count). The summed E-state index contributed by atoms with van der Waals surface area (Å²) in [6.07, 6.45) is 1.53. The third-order valence-corrected chi connectivity index (χ3v) is 3.68. The van der Waals surface area contributed by atoms with Crippen molar-refractivity contribution in [1.82, 2.24) is 20.0 Å². The molecule has 3 aromatic rings. The highest BCUT2D eigenvalue weighted by Gasteiger charge is 2.12. The van der Waals surface area contributed by atoms with Crippen molar-refractivity contribution in [2.75, 3.05) is 10.6 Å². The van der Waals surface area contributed by atoms with Gasteiger partial charge in [0.2, 0.25) is 11.8 Å². The zero-order valence-corrected chi connectivity index (χ0v) is 14.3. The first-order valence-electron chi connectivity index (χ1n) is 8.01. The van der Waals surface area contributed by atoms with E-state index in [2.05, 4.69) is 25.9 Å². The van der Waals surface area contributed by atoms with Crippen molar-refractivity contribution in [2.24, 2.45) is 5.92 Å². The van der Waals surface area contributed by atoms with Gasteiger partial charge in [0, 0.05) is 17.0 Å². The minimum Gasteiger partial charge on any atom is -0.357 e. The summed E-state index contributed by atoms with van der Waals surface area (Å²) in [7, 11) is 0. The summed E-state index contributed by atoms with van der Waals surface area (Å²) in [4.78, 5) is 27.1. The van der Waals surface area contributed by atoms with E-state index in [-0.39, 0.29) is 24.3 Å². The minimum absolute atomic E-state index is 0.000622. The molecule has 8 nitrogen and oxygen atoms in total. The van der Waals surface area contributed by atoms with Gasteiger partial charge in [-0.05, 0) is 19.1 Å². The van der Waals surface area contributed by atoms with Crippen molar-refractivity contribution in [1.29, 1.82) is 0 Å². The molecule has 0 bridgehead atoms. The van der Waals surface area contributed by atoms with Gasteiger partial charge < -0.3 is 15.6 Å². The zero-order chi connectivity index (χ0) is 18.0. The molecule has 0 saturated heterocycles. The number of H-pyrrole nitrogens is 1. The van der Waals surface area contributed by atoms with E-state index in [1.165, 1.54) is 10.9 Å². The highest BCUT2D eigenvalue weighted by atomic mass is 16.2. The van der Waals surface area contributed by atoms with Crippen LogP contribution in [0.3, 0.4) is 0 Å². The van der Waals surface area contributed by atoms with E-state index in [1.807, 2.05) is 31.2 Å². The number of rotatable bonds is 5. The number of amides is 2.